The van der Waals surface area contributed by atoms with Crippen molar-refractivity contribution in [2.45, 2.75) is 13.8 Å². The van der Waals surface area contributed by atoms with Gasteiger partial charge in [-0.3, -0.25) is 9.78 Å². The highest BCUT2D eigenvalue weighted by Crippen LogP contribution is 2.26. The molecule has 2 aromatic heterocycles. The fourth-order valence-electron chi connectivity index (χ4n) is 2.89. The zero-order valence-corrected chi connectivity index (χ0v) is 16.7. The highest BCUT2D eigenvalue weighted by molar-refractivity contribution is 6.42. The van der Waals surface area contributed by atoms with Gasteiger partial charge < -0.3 is 9.88 Å². The van der Waals surface area contributed by atoms with Crippen molar-refractivity contribution in [3.05, 3.63) is 81.4 Å². The van der Waals surface area contributed by atoms with E-state index in [9.17, 15) is 10.1 Å². The zero-order chi connectivity index (χ0) is 20.3. The lowest BCUT2D eigenvalue weighted by Crippen LogP contribution is -2.13. The zero-order valence-electron chi connectivity index (χ0n) is 15.2. The summed E-state index contributed by atoms with van der Waals surface area (Å²) in [6.07, 6.45) is 5.04. The average molecular weight is 411 g/mol. The Bertz CT molecular complexity index is 1110. The summed E-state index contributed by atoms with van der Waals surface area (Å²) in [6.45, 7) is 3.89. The van der Waals surface area contributed by atoms with Gasteiger partial charge in [-0.1, -0.05) is 23.2 Å². The maximum Gasteiger partial charge on any atom is 0.266 e. The first-order valence-electron chi connectivity index (χ1n) is 8.38. The number of nitrogens with one attached hydrogen (secondary N) is 1. The number of carbonyl (C=O) groups is 1. The van der Waals surface area contributed by atoms with E-state index >= 15 is 0 Å². The fourth-order valence-corrected chi connectivity index (χ4v) is 3.19. The van der Waals surface area contributed by atoms with Crippen molar-refractivity contribution >= 4 is 40.9 Å². The molecular weight excluding hydrogens is 395 g/mol. The van der Waals surface area contributed by atoms with Gasteiger partial charge in [-0.2, -0.15) is 5.26 Å². The molecule has 0 radical (unpaired) electrons. The van der Waals surface area contributed by atoms with E-state index < -0.39 is 5.91 Å². The van der Waals surface area contributed by atoms with E-state index in [1.165, 1.54) is 6.07 Å². The molecule has 0 unspecified atom stereocenters. The van der Waals surface area contributed by atoms with E-state index in [0.717, 1.165) is 22.6 Å². The lowest BCUT2D eigenvalue weighted by atomic mass is 10.1. The molecule has 0 aliphatic carbocycles. The second-order valence-corrected chi connectivity index (χ2v) is 6.94. The van der Waals surface area contributed by atoms with Crippen LogP contribution in [0, 0.1) is 25.2 Å². The minimum Gasteiger partial charge on any atom is -0.321 e. The first-order valence-corrected chi connectivity index (χ1v) is 9.14. The predicted molar refractivity (Wildman–Crippen MR) is 112 cm³/mol. The number of hydrogen-bond donors (Lipinski definition) is 1. The predicted octanol–water partition coefficient (Wildman–Crippen LogP) is 5.34. The fraction of sp³-hybridized carbons (Fsp3) is 0.0952. The molecule has 0 aliphatic rings. The Morgan fingerprint density at radius 3 is 2.64 bits per heavy atom. The topological polar surface area (TPSA) is 70.7 Å². The average Bonchev–Trinajstić information content (AvgIpc) is 2.96. The van der Waals surface area contributed by atoms with Crippen LogP contribution in [0.5, 0.6) is 0 Å². The third-order valence-corrected chi connectivity index (χ3v) is 4.96. The molecule has 140 valence electrons. The summed E-state index contributed by atoms with van der Waals surface area (Å²) in [7, 11) is 0. The standard InChI is InChI=1S/C21H16Cl2N4O/c1-13-8-15(14(2)27(13)18-4-3-7-25-12-18)9-16(11-24)21(28)26-17-5-6-19(22)20(23)10-17/h3-10,12H,1-2H3,(H,26,28)/b16-9-. The summed E-state index contributed by atoms with van der Waals surface area (Å²) in [4.78, 5) is 16.7. The number of nitrogens with zero attached hydrogens (tertiary/aromatic N) is 3. The summed E-state index contributed by atoms with van der Waals surface area (Å²) < 4.78 is 2.02. The number of aryl methyl sites for hydroxylation is 1. The van der Waals surface area contributed by atoms with Crippen molar-refractivity contribution in [1.82, 2.24) is 9.55 Å². The number of nitriles is 1. The molecule has 0 aliphatic heterocycles. The van der Waals surface area contributed by atoms with E-state index in [1.807, 2.05) is 42.7 Å². The van der Waals surface area contributed by atoms with Crippen LogP contribution in [0.25, 0.3) is 11.8 Å². The van der Waals surface area contributed by atoms with Crippen LogP contribution in [0.2, 0.25) is 10.0 Å². The summed E-state index contributed by atoms with van der Waals surface area (Å²) in [5.74, 6) is -0.521. The van der Waals surface area contributed by atoms with Gasteiger partial charge in [-0.05, 0) is 61.9 Å². The minimum absolute atomic E-state index is 0.0162. The molecule has 0 spiro atoms. The van der Waals surface area contributed by atoms with Gasteiger partial charge in [0.25, 0.3) is 5.91 Å². The van der Waals surface area contributed by atoms with Crippen molar-refractivity contribution in [3.63, 3.8) is 0 Å². The van der Waals surface area contributed by atoms with Crippen LogP contribution in [0.4, 0.5) is 5.69 Å². The Morgan fingerprint density at radius 1 is 1.21 bits per heavy atom. The van der Waals surface area contributed by atoms with Crippen LogP contribution in [0.3, 0.4) is 0 Å². The Hall–Kier alpha value is -3.07. The van der Waals surface area contributed by atoms with E-state index in [4.69, 9.17) is 23.2 Å². The summed E-state index contributed by atoms with van der Waals surface area (Å²) in [6, 6.07) is 12.4. The van der Waals surface area contributed by atoms with Crippen LogP contribution in [-0.4, -0.2) is 15.5 Å². The smallest absolute Gasteiger partial charge is 0.266 e. The molecule has 0 atom stereocenters. The number of halogens is 2. The van der Waals surface area contributed by atoms with Crippen LogP contribution < -0.4 is 5.32 Å². The Labute approximate surface area is 172 Å². The molecule has 3 rings (SSSR count). The van der Waals surface area contributed by atoms with Crippen molar-refractivity contribution in [2.24, 2.45) is 0 Å². The monoisotopic (exact) mass is 410 g/mol. The number of carbonyl (C=O) groups excluding carboxylic acids is 1. The Balaban J connectivity index is 1.91. The van der Waals surface area contributed by atoms with Gasteiger partial charge >= 0.3 is 0 Å². The molecule has 0 fully saturated rings. The lowest BCUT2D eigenvalue weighted by Gasteiger charge is -2.08. The molecule has 28 heavy (non-hydrogen) atoms. The van der Waals surface area contributed by atoms with Crippen LogP contribution in [0.15, 0.2) is 54.4 Å². The number of pyridine rings is 1. The summed E-state index contributed by atoms with van der Waals surface area (Å²) in [5, 5.41) is 12.8. The number of amides is 1. The molecule has 0 bridgehead atoms. The second kappa shape index (κ2) is 8.30. The molecular formula is C21H16Cl2N4O. The quantitative estimate of drug-likeness (QED) is 0.465. The van der Waals surface area contributed by atoms with Crippen LogP contribution in [-0.2, 0) is 4.79 Å². The minimum atomic E-state index is -0.521. The normalized spacial score (nSPS) is 11.2. The van der Waals surface area contributed by atoms with Gasteiger partial charge in [-0.25, -0.2) is 0 Å². The van der Waals surface area contributed by atoms with E-state index in [2.05, 4.69) is 10.3 Å². The first-order chi connectivity index (χ1) is 13.4. The number of benzene rings is 1. The number of hydrogen-bond acceptors (Lipinski definition) is 3. The lowest BCUT2D eigenvalue weighted by molar-refractivity contribution is -0.112. The maximum absolute atomic E-state index is 12.5. The van der Waals surface area contributed by atoms with Gasteiger partial charge in [-0.15, -0.1) is 0 Å². The highest BCUT2D eigenvalue weighted by Gasteiger charge is 2.14. The number of rotatable bonds is 4. The van der Waals surface area contributed by atoms with Crippen molar-refractivity contribution in [1.29, 1.82) is 5.26 Å². The van der Waals surface area contributed by atoms with E-state index in [1.54, 1.807) is 30.6 Å². The maximum atomic E-state index is 12.5. The Kier molecular flexibility index (Phi) is 5.84. The van der Waals surface area contributed by atoms with E-state index in [0.29, 0.717) is 15.7 Å². The van der Waals surface area contributed by atoms with Gasteiger partial charge in [0.1, 0.15) is 11.6 Å². The molecule has 7 heteroatoms. The number of aromatic nitrogens is 2. The molecule has 2 heterocycles. The van der Waals surface area contributed by atoms with Crippen molar-refractivity contribution in [2.75, 3.05) is 5.32 Å². The van der Waals surface area contributed by atoms with Crippen LogP contribution >= 0.6 is 23.2 Å². The summed E-state index contributed by atoms with van der Waals surface area (Å²) in [5.41, 5.74) is 4.01. The molecule has 1 amide bonds. The second-order valence-electron chi connectivity index (χ2n) is 6.13. The third-order valence-electron chi connectivity index (χ3n) is 4.22. The Morgan fingerprint density at radius 2 is 2.00 bits per heavy atom. The number of anilines is 1. The van der Waals surface area contributed by atoms with Gasteiger partial charge in [0.2, 0.25) is 0 Å². The van der Waals surface area contributed by atoms with E-state index in [-0.39, 0.29) is 5.57 Å². The molecule has 0 saturated heterocycles. The first kappa shape index (κ1) is 19.7. The van der Waals surface area contributed by atoms with Crippen molar-refractivity contribution < 1.29 is 4.79 Å². The van der Waals surface area contributed by atoms with Crippen molar-refractivity contribution in [3.8, 4) is 11.8 Å². The third kappa shape index (κ3) is 4.09. The van der Waals surface area contributed by atoms with Gasteiger partial charge in [0.05, 0.1) is 21.9 Å². The van der Waals surface area contributed by atoms with Crippen LogP contribution in [0.1, 0.15) is 17.0 Å². The molecule has 3 aromatic rings. The van der Waals surface area contributed by atoms with Gasteiger partial charge in [0.15, 0.2) is 0 Å². The SMILES string of the molecule is Cc1cc(/C=C(/C#N)C(=O)Nc2ccc(Cl)c(Cl)c2)c(C)n1-c1cccnc1. The largest absolute Gasteiger partial charge is 0.321 e. The summed E-state index contributed by atoms with van der Waals surface area (Å²) >= 11 is 11.9. The molecule has 0 saturated carbocycles. The molecule has 5 nitrogen and oxygen atoms in total. The van der Waals surface area contributed by atoms with Gasteiger partial charge in [0, 0.05) is 23.3 Å². The highest BCUT2D eigenvalue weighted by atomic mass is 35.5. The molecule has 1 N–H and O–H groups in total. The molecule has 1 aromatic carbocycles.